The molecule has 3 heteroatoms. The highest BCUT2D eigenvalue weighted by Crippen LogP contribution is 2.31. The van der Waals surface area contributed by atoms with E-state index in [9.17, 15) is 0 Å². The first-order chi connectivity index (χ1) is 8.79. The molecular formula is C16H23N3. The molecule has 2 rings (SSSR count). The van der Waals surface area contributed by atoms with Gasteiger partial charge in [-0.3, -0.25) is 9.67 Å². The Labute approximate surface area is 115 Å². The second-order valence-electron chi connectivity index (χ2n) is 6.47. The molecule has 2 aromatic heterocycles. The molecule has 0 saturated heterocycles. The summed E-state index contributed by atoms with van der Waals surface area (Å²) in [5.41, 5.74) is 4.86. The van der Waals surface area contributed by atoms with Crippen molar-refractivity contribution in [3.63, 3.8) is 0 Å². The minimum atomic E-state index is 0.0765. The molecule has 0 saturated carbocycles. The summed E-state index contributed by atoms with van der Waals surface area (Å²) in [6.45, 7) is 11.1. The van der Waals surface area contributed by atoms with Crippen LogP contribution in [-0.2, 0) is 12.5 Å². The van der Waals surface area contributed by atoms with Crippen LogP contribution in [0.1, 0.15) is 51.8 Å². The molecule has 0 radical (unpaired) electrons. The lowest BCUT2D eigenvalue weighted by Gasteiger charge is -2.23. The van der Waals surface area contributed by atoms with Crippen molar-refractivity contribution in [1.82, 2.24) is 14.8 Å². The van der Waals surface area contributed by atoms with E-state index in [1.165, 1.54) is 11.3 Å². The summed E-state index contributed by atoms with van der Waals surface area (Å²) in [7, 11) is 1.93. The van der Waals surface area contributed by atoms with Crippen LogP contribution in [0, 0.1) is 0 Å². The third-order valence-corrected chi connectivity index (χ3v) is 3.29. The lowest BCUT2D eigenvalue weighted by Crippen LogP contribution is -2.17. The first-order valence-corrected chi connectivity index (χ1v) is 6.78. The van der Waals surface area contributed by atoms with Gasteiger partial charge in [0.05, 0.1) is 6.20 Å². The van der Waals surface area contributed by atoms with E-state index in [4.69, 9.17) is 4.98 Å². The van der Waals surface area contributed by atoms with E-state index < -0.39 is 0 Å². The molecule has 0 aliphatic rings. The molecule has 102 valence electrons. The van der Waals surface area contributed by atoms with Crippen molar-refractivity contribution in [3.05, 3.63) is 35.9 Å². The Morgan fingerprint density at radius 3 is 2.26 bits per heavy atom. The molecule has 0 aliphatic carbocycles. The van der Waals surface area contributed by atoms with Crippen LogP contribution in [0.15, 0.2) is 24.7 Å². The van der Waals surface area contributed by atoms with Crippen LogP contribution in [0.25, 0.3) is 11.1 Å². The molecule has 0 atom stereocenters. The van der Waals surface area contributed by atoms with Crippen molar-refractivity contribution < 1.29 is 0 Å². The second kappa shape index (κ2) is 4.80. The Balaban J connectivity index is 2.54. The van der Waals surface area contributed by atoms with Crippen LogP contribution < -0.4 is 0 Å². The number of nitrogens with zero attached hydrogens (tertiary/aromatic N) is 3. The zero-order valence-corrected chi connectivity index (χ0v) is 12.7. The third kappa shape index (κ3) is 2.86. The Kier molecular flexibility index (Phi) is 3.48. The number of rotatable bonds is 2. The SMILES string of the molecule is CC(C)c1cc(-c2cnn(C)c2)cnc1C(C)(C)C. The summed E-state index contributed by atoms with van der Waals surface area (Å²) in [5, 5.41) is 4.23. The average molecular weight is 257 g/mol. The molecule has 3 nitrogen and oxygen atoms in total. The molecule has 2 heterocycles. The van der Waals surface area contributed by atoms with Crippen LogP contribution in [0.4, 0.5) is 0 Å². The summed E-state index contributed by atoms with van der Waals surface area (Å²) in [6, 6.07) is 2.26. The fourth-order valence-electron chi connectivity index (χ4n) is 2.28. The number of hydrogen-bond acceptors (Lipinski definition) is 2. The van der Waals surface area contributed by atoms with Crippen LogP contribution >= 0.6 is 0 Å². The van der Waals surface area contributed by atoms with E-state index in [0.717, 1.165) is 11.1 Å². The van der Waals surface area contributed by atoms with Gasteiger partial charge in [0.25, 0.3) is 0 Å². The maximum atomic E-state index is 4.72. The molecule has 0 spiro atoms. The van der Waals surface area contributed by atoms with Gasteiger partial charge in [-0.2, -0.15) is 5.10 Å². The van der Waals surface area contributed by atoms with Crippen molar-refractivity contribution >= 4 is 0 Å². The standard InChI is InChI=1S/C16H23N3/c1-11(2)14-7-12(13-9-18-19(6)10-13)8-17-15(14)16(3,4)5/h7-11H,1-6H3. The molecule has 0 aliphatic heterocycles. The van der Waals surface area contributed by atoms with E-state index in [-0.39, 0.29) is 5.41 Å². The Morgan fingerprint density at radius 1 is 1.11 bits per heavy atom. The highest BCUT2D eigenvalue weighted by Gasteiger charge is 2.21. The molecule has 0 N–H and O–H groups in total. The first-order valence-electron chi connectivity index (χ1n) is 6.78. The highest BCUT2D eigenvalue weighted by molar-refractivity contribution is 5.62. The monoisotopic (exact) mass is 257 g/mol. The fraction of sp³-hybridized carbons (Fsp3) is 0.500. The predicted molar refractivity (Wildman–Crippen MR) is 79.2 cm³/mol. The zero-order valence-electron chi connectivity index (χ0n) is 12.7. The molecule has 19 heavy (non-hydrogen) atoms. The molecule has 0 unspecified atom stereocenters. The average Bonchev–Trinajstić information content (AvgIpc) is 2.74. The van der Waals surface area contributed by atoms with E-state index >= 15 is 0 Å². The molecule has 2 aromatic rings. The summed E-state index contributed by atoms with van der Waals surface area (Å²) in [5.74, 6) is 0.471. The van der Waals surface area contributed by atoms with Crippen LogP contribution in [-0.4, -0.2) is 14.8 Å². The van der Waals surface area contributed by atoms with Crippen molar-refractivity contribution in [3.8, 4) is 11.1 Å². The van der Waals surface area contributed by atoms with Crippen molar-refractivity contribution in [2.24, 2.45) is 7.05 Å². The van der Waals surface area contributed by atoms with Gasteiger partial charge in [0.15, 0.2) is 0 Å². The smallest absolute Gasteiger partial charge is 0.0568 e. The van der Waals surface area contributed by atoms with Gasteiger partial charge < -0.3 is 0 Å². The van der Waals surface area contributed by atoms with Crippen LogP contribution in [0.3, 0.4) is 0 Å². The number of hydrogen-bond donors (Lipinski definition) is 0. The van der Waals surface area contributed by atoms with E-state index in [0.29, 0.717) is 5.92 Å². The van der Waals surface area contributed by atoms with Crippen molar-refractivity contribution in [2.45, 2.75) is 46.0 Å². The minimum Gasteiger partial charge on any atom is -0.275 e. The summed E-state index contributed by atoms with van der Waals surface area (Å²) in [4.78, 5) is 4.72. The Bertz CT molecular complexity index is 574. The summed E-state index contributed by atoms with van der Waals surface area (Å²) in [6.07, 6.45) is 5.87. The van der Waals surface area contributed by atoms with Crippen LogP contribution in [0.5, 0.6) is 0 Å². The van der Waals surface area contributed by atoms with E-state index in [1.807, 2.05) is 30.3 Å². The Hall–Kier alpha value is -1.64. The fourth-order valence-corrected chi connectivity index (χ4v) is 2.28. The molecule has 0 amide bonds. The topological polar surface area (TPSA) is 30.7 Å². The lowest BCUT2D eigenvalue weighted by molar-refractivity contribution is 0.555. The van der Waals surface area contributed by atoms with Crippen molar-refractivity contribution in [1.29, 1.82) is 0 Å². The molecule has 0 fully saturated rings. The first kappa shape index (κ1) is 13.8. The molecular weight excluding hydrogens is 234 g/mol. The zero-order chi connectivity index (χ0) is 14.2. The van der Waals surface area contributed by atoms with Gasteiger partial charge in [-0.25, -0.2) is 0 Å². The third-order valence-electron chi connectivity index (χ3n) is 3.29. The van der Waals surface area contributed by atoms with Gasteiger partial charge in [-0.1, -0.05) is 34.6 Å². The van der Waals surface area contributed by atoms with E-state index in [1.54, 1.807) is 0 Å². The molecule has 0 bridgehead atoms. The van der Waals surface area contributed by atoms with Crippen molar-refractivity contribution in [2.75, 3.05) is 0 Å². The van der Waals surface area contributed by atoms with E-state index in [2.05, 4.69) is 45.8 Å². The van der Waals surface area contributed by atoms with Gasteiger partial charge in [-0.15, -0.1) is 0 Å². The number of aryl methyl sites for hydroxylation is 1. The van der Waals surface area contributed by atoms with Gasteiger partial charge in [-0.05, 0) is 17.5 Å². The van der Waals surface area contributed by atoms with Crippen LogP contribution in [0.2, 0.25) is 0 Å². The molecule has 0 aromatic carbocycles. The quantitative estimate of drug-likeness (QED) is 0.816. The maximum absolute atomic E-state index is 4.72. The Morgan fingerprint density at radius 2 is 1.79 bits per heavy atom. The predicted octanol–water partition coefficient (Wildman–Crippen LogP) is 3.90. The maximum Gasteiger partial charge on any atom is 0.0568 e. The van der Waals surface area contributed by atoms with Gasteiger partial charge in [0.1, 0.15) is 0 Å². The number of aromatic nitrogens is 3. The number of pyridine rings is 1. The minimum absolute atomic E-state index is 0.0765. The summed E-state index contributed by atoms with van der Waals surface area (Å²) >= 11 is 0. The lowest BCUT2D eigenvalue weighted by atomic mass is 9.84. The van der Waals surface area contributed by atoms with Gasteiger partial charge in [0.2, 0.25) is 0 Å². The second-order valence-corrected chi connectivity index (χ2v) is 6.47. The van der Waals surface area contributed by atoms with Gasteiger partial charge >= 0.3 is 0 Å². The highest BCUT2D eigenvalue weighted by atomic mass is 15.2. The normalized spacial score (nSPS) is 12.2. The summed E-state index contributed by atoms with van der Waals surface area (Å²) < 4.78 is 1.82. The largest absolute Gasteiger partial charge is 0.275 e. The van der Waals surface area contributed by atoms with Gasteiger partial charge in [0, 0.05) is 41.7 Å².